The van der Waals surface area contributed by atoms with Gasteiger partial charge in [0, 0.05) is 5.75 Å². The minimum Gasteiger partial charge on any atom is -0.266 e. The second kappa shape index (κ2) is 2.64. The second-order valence-electron chi connectivity index (χ2n) is 2.95. The van der Waals surface area contributed by atoms with Gasteiger partial charge in [0.25, 0.3) is 0 Å². The van der Waals surface area contributed by atoms with Crippen LogP contribution in [0.4, 0.5) is 0 Å². The molecule has 1 aliphatic heterocycles. The van der Waals surface area contributed by atoms with E-state index < -0.39 is 0 Å². The third-order valence-corrected chi connectivity index (χ3v) is 3.09. The monoisotopic (exact) mass is 188 g/mol. The van der Waals surface area contributed by atoms with Crippen molar-refractivity contribution in [2.24, 2.45) is 0 Å². The molecular formula is C10H8N2S. The van der Waals surface area contributed by atoms with E-state index in [1.54, 1.807) is 11.9 Å². The Labute approximate surface area is 80.4 Å². The van der Waals surface area contributed by atoms with E-state index in [2.05, 4.69) is 39.3 Å². The van der Waals surface area contributed by atoms with E-state index in [4.69, 9.17) is 0 Å². The predicted octanol–water partition coefficient (Wildman–Crippen LogP) is 2.56. The molecule has 1 aromatic carbocycles. The maximum Gasteiger partial charge on any atom is 0.143 e. The molecule has 0 aliphatic carbocycles. The van der Waals surface area contributed by atoms with Gasteiger partial charge >= 0.3 is 0 Å². The molecule has 0 bridgehead atoms. The number of para-hydroxylation sites is 2. The third kappa shape index (κ3) is 1.00. The highest BCUT2D eigenvalue weighted by atomic mass is 32.2. The fourth-order valence-corrected chi connectivity index (χ4v) is 2.39. The lowest BCUT2D eigenvalue weighted by molar-refractivity contribution is 1.21. The largest absolute Gasteiger partial charge is 0.266 e. The molecule has 0 saturated heterocycles. The summed E-state index contributed by atoms with van der Waals surface area (Å²) in [5, 5.41) is 0. The molecule has 0 spiro atoms. The van der Waals surface area contributed by atoms with Crippen LogP contribution in [0.15, 0.2) is 30.3 Å². The molecule has 0 amide bonds. The van der Waals surface area contributed by atoms with E-state index >= 15 is 0 Å². The zero-order valence-corrected chi connectivity index (χ0v) is 7.79. The first-order valence-corrected chi connectivity index (χ1v) is 5.17. The average molecular weight is 188 g/mol. The van der Waals surface area contributed by atoms with Crippen molar-refractivity contribution in [3.8, 4) is 0 Å². The summed E-state index contributed by atoms with van der Waals surface area (Å²) in [4.78, 5) is 4.51. The van der Waals surface area contributed by atoms with Crippen molar-refractivity contribution in [2.75, 3.05) is 5.75 Å². The van der Waals surface area contributed by atoms with Gasteiger partial charge in [0.05, 0.1) is 11.0 Å². The molecule has 3 heteroatoms. The van der Waals surface area contributed by atoms with Crippen molar-refractivity contribution in [1.29, 1.82) is 0 Å². The smallest absolute Gasteiger partial charge is 0.143 e. The van der Waals surface area contributed by atoms with Crippen LogP contribution in [0.2, 0.25) is 0 Å². The summed E-state index contributed by atoms with van der Waals surface area (Å²) in [6.45, 7) is 0. The minimum absolute atomic E-state index is 1.04. The van der Waals surface area contributed by atoms with E-state index in [9.17, 15) is 0 Å². The molecule has 0 fully saturated rings. The number of aromatic nitrogens is 2. The summed E-state index contributed by atoms with van der Waals surface area (Å²) in [6.07, 6.45) is 4.22. The molecule has 2 nitrogen and oxygen atoms in total. The molecule has 64 valence electrons. The van der Waals surface area contributed by atoms with Gasteiger partial charge in [0.1, 0.15) is 5.82 Å². The quantitative estimate of drug-likeness (QED) is 0.632. The van der Waals surface area contributed by atoms with Gasteiger partial charge in [-0.15, -0.1) is 0 Å². The molecule has 0 radical (unpaired) electrons. The molecule has 0 unspecified atom stereocenters. The van der Waals surface area contributed by atoms with Crippen molar-refractivity contribution >= 4 is 29.1 Å². The number of hydrogen-bond donors (Lipinski definition) is 0. The summed E-state index contributed by atoms with van der Waals surface area (Å²) in [5.74, 6) is 2.09. The van der Waals surface area contributed by atoms with Gasteiger partial charge in [0.15, 0.2) is 0 Å². The molecule has 1 aromatic heterocycles. The molecule has 2 aromatic rings. The number of rotatable bonds is 0. The Morgan fingerprint density at radius 2 is 2.23 bits per heavy atom. The van der Waals surface area contributed by atoms with Crippen LogP contribution < -0.4 is 0 Å². The number of fused-ring (bicyclic) bond motifs is 3. The molecule has 0 atom stereocenters. The first-order chi connectivity index (χ1) is 6.45. The lowest BCUT2D eigenvalue weighted by Crippen LogP contribution is -1.95. The first kappa shape index (κ1) is 7.21. The Bertz CT molecular complexity index is 485. The Kier molecular flexibility index (Phi) is 1.46. The number of benzene rings is 1. The highest BCUT2D eigenvalue weighted by molar-refractivity contribution is 7.98. The van der Waals surface area contributed by atoms with Gasteiger partial charge < -0.3 is 0 Å². The molecule has 2 heterocycles. The fraction of sp³-hybridized carbons (Fsp3) is 0.100. The van der Waals surface area contributed by atoms with Crippen LogP contribution in [0.1, 0.15) is 5.82 Å². The maximum atomic E-state index is 4.51. The van der Waals surface area contributed by atoms with Crippen LogP contribution in [0.25, 0.3) is 17.1 Å². The Hall–Kier alpha value is -1.22. The van der Waals surface area contributed by atoms with Crippen LogP contribution in [0, 0.1) is 0 Å². The molecule has 13 heavy (non-hydrogen) atoms. The van der Waals surface area contributed by atoms with Gasteiger partial charge in [-0.1, -0.05) is 18.2 Å². The molecule has 0 N–H and O–H groups in total. The molecule has 3 rings (SSSR count). The van der Waals surface area contributed by atoms with E-state index in [1.807, 2.05) is 6.07 Å². The average Bonchev–Trinajstić information content (AvgIpc) is 2.56. The highest BCUT2D eigenvalue weighted by Gasteiger charge is 2.10. The summed E-state index contributed by atoms with van der Waals surface area (Å²) in [5.41, 5.74) is 2.29. The van der Waals surface area contributed by atoms with E-state index in [0.29, 0.717) is 0 Å². The van der Waals surface area contributed by atoms with Crippen LogP contribution in [0.3, 0.4) is 0 Å². The summed E-state index contributed by atoms with van der Waals surface area (Å²) >= 11 is 1.79. The third-order valence-electron chi connectivity index (χ3n) is 2.11. The predicted molar refractivity (Wildman–Crippen MR) is 56.6 cm³/mol. The van der Waals surface area contributed by atoms with Crippen molar-refractivity contribution in [1.82, 2.24) is 8.96 Å². The summed E-state index contributed by atoms with van der Waals surface area (Å²) in [7, 11) is 0. The van der Waals surface area contributed by atoms with E-state index in [0.717, 1.165) is 17.1 Å². The van der Waals surface area contributed by atoms with Crippen molar-refractivity contribution in [3.63, 3.8) is 0 Å². The fourth-order valence-electron chi connectivity index (χ4n) is 1.53. The number of imidazole rings is 1. The van der Waals surface area contributed by atoms with Crippen molar-refractivity contribution < 1.29 is 0 Å². The van der Waals surface area contributed by atoms with E-state index in [1.165, 1.54) is 5.52 Å². The summed E-state index contributed by atoms with van der Waals surface area (Å²) in [6, 6.07) is 8.24. The van der Waals surface area contributed by atoms with Crippen molar-refractivity contribution in [2.45, 2.75) is 0 Å². The maximum absolute atomic E-state index is 4.51. The highest BCUT2D eigenvalue weighted by Crippen LogP contribution is 2.25. The van der Waals surface area contributed by atoms with Gasteiger partial charge in [0.2, 0.25) is 0 Å². The normalized spacial score (nSPS) is 14.8. The molecule has 1 aliphatic rings. The second-order valence-corrected chi connectivity index (χ2v) is 3.91. The van der Waals surface area contributed by atoms with Crippen molar-refractivity contribution in [3.05, 3.63) is 36.2 Å². The topological polar surface area (TPSA) is 17.8 Å². The van der Waals surface area contributed by atoms with Gasteiger partial charge in [-0.25, -0.2) is 4.98 Å². The SMILES string of the molecule is C1=Cc2nc3ccccc3n2SC1. The molecule has 0 saturated carbocycles. The lowest BCUT2D eigenvalue weighted by atomic mass is 10.3. The number of hydrogen-bond acceptors (Lipinski definition) is 2. The zero-order valence-electron chi connectivity index (χ0n) is 6.97. The summed E-state index contributed by atoms with van der Waals surface area (Å²) < 4.78 is 2.19. The van der Waals surface area contributed by atoms with Crippen LogP contribution >= 0.6 is 11.9 Å². The Balaban J connectivity index is 2.41. The van der Waals surface area contributed by atoms with Gasteiger partial charge in [-0.2, -0.15) is 0 Å². The van der Waals surface area contributed by atoms with Crippen LogP contribution in [0.5, 0.6) is 0 Å². The van der Waals surface area contributed by atoms with Gasteiger partial charge in [-0.3, -0.25) is 3.97 Å². The zero-order chi connectivity index (χ0) is 8.67. The van der Waals surface area contributed by atoms with Crippen LogP contribution in [-0.4, -0.2) is 14.7 Å². The minimum atomic E-state index is 1.04. The van der Waals surface area contributed by atoms with Gasteiger partial charge in [-0.05, 0) is 30.2 Å². The molecular weight excluding hydrogens is 180 g/mol. The standard InChI is InChI=1S/C10H8N2S/c1-2-5-9-8(4-1)11-10-6-3-7-13-12(9)10/h1-6H,7H2. The van der Waals surface area contributed by atoms with E-state index in [-0.39, 0.29) is 0 Å². The number of nitrogens with zero attached hydrogens (tertiary/aromatic N) is 2. The lowest BCUT2D eigenvalue weighted by Gasteiger charge is -2.06. The first-order valence-electron chi connectivity index (χ1n) is 4.22. The Morgan fingerprint density at radius 3 is 3.23 bits per heavy atom. The van der Waals surface area contributed by atoms with Crippen LogP contribution in [-0.2, 0) is 0 Å². The Morgan fingerprint density at radius 1 is 1.31 bits per heavy atom.